The molecule has 0 spiro atoms. The van der Waals surface area contributed by atoms with Crippen molar-refractivity contribution in [3.05, 3.63) is 51.3 Å². The molecule has 1 aromatic heterocycles. The second-order valence-corrected chi connectivity index (χ2v) is 9.17. The summed E-state index contributed by atoms with van der Waals surface area (Å²) < 4.78 is 28.1. The Labute approximate surface area is 137 Å². The maximum atomic E-state index is 12.8. The van der Waals surface area contributed by atoms with E-state index >= 15 is 0 Å². The lowest BCUT2D eigenvalue weighted by Crippen LogP contribution is -2.34. The van der Waals surface area contributed by atoms with Crippen LogP contribution in [0.5, 0.6) is 0 Å². The lowest BCUT2D eigenvalue weighted by molar-refractivity contribution is 0.415. The van der Waals surface area contributed by atoms with Crippen LogP contribution in [0.4, 0.5) is 0 Å². The fourth-order valence-electron chi connectivity index (χ4n) is 1.90. The molecule has 0 saturated carbocycles. The van der Waals surface area contributed by atoms with Gasteiger partial charge in [-0.15, -0.1) is 11.3 Å². The maximum Gasteiger partial charge on any atom is 0.252 e. The van der Waals surface area contributed by atoms with Crippen molar-refractivity contribution in [3.63, 3.8) is 0 Å². The molecule has 0 fully saturated rings. The number of hydrogen-bond acceptors (Lipinski definition) is 4. The lowest BCUT2D eigenvalue weighted by atomic mass is 10.2. The second-order valence-electron chi connectivity index (χ2n) is 4.64. The van der Waals surface area contributed by atoms with E-state index in [1.54, 1.807) is 6.07 Å². The summed E-state index contributed by atoms with van der Waals surface area (Å²) in [7, 11) is -3.52. The van der Waals surface area contributed by atoms with Crippen LogP contribution in [0.2, 0.25) is 0 Å². The van der Waals surface area contributed by atoms with Gasteiger partial charge in [-0.3, -0.25) is 0 Å². The highest BCUT2D eigenvalue weighted by Gasteiger charge is 2.26. The number of thiophene rings is 1. The molecule has 4 nitrogen and oxygen atoms in total. The molecule has 0 aliphatic carbocycles. The molecule has 114 valence electrons. The van der Waals surface area contributed by atoms with Gasteiger partial charge in [0.2, 0.25) is 0 Å². The highest BCUT2D eigenvalue weighted by molar-refractivity contribution is 9.11. The normalized spacial score (nSPS) is 12.0. The van der Waals surface area contributed by atoms with Crippen molar-refractivity contribution in [2.24, 2.45) is 5.73 Å². The van der Waals surface area contributed by atoms with E-state index < -0.39 is 10.0 Å². The number of benzene rings is 1. The third kappa shape index (κ3) is 3.92. The predicted molar refractivity (Wildman–Crippen MR) is 89.8 cm³/mol. The minimum atomic E-state index is -3.52. The topological polar surface area (TPSA) is 63.4 Å². The van der Waals surface area contributed by atoms with E-state index in [0.717, 1.165) is 14.9 Å². The Kier molecular flexibility index (Phi) is 5.56. The summed E-state index contributed by atoms with van der Waals surface area (Å²) in [6, 6.07) is 11.2. The van der Waals surface area contributed by atoms with Crippen LogP contribution in [0, 0.1) is 6.92 Å². The van der Waals surface area contributed by atoms with Crippen LogP contribution in [0.25, 0.3) is 0 Å². The lowest BCUT2D eigenvalue weighted by Gasteiger charge is -2.20. The highest BCUT2D eigenvalue weighted by atomic mass is 79.9. The van der Waals surface area contributed by atoms with Gasteiger partial charge in [0.1, 0.15) is 4.21 Å². The van der Waals surface area contributed by atoms with E-state index in [-0.39, 0.29) is 6.54 Å². The first-order valence-electron chi connectivity index (χ1n) is 6.45. The first-order chi connectivity index (χ1) is 9.95. The number of sulfonamides is 1. The minimum absolute atomic E-state index is 0.289. The Morgan fingerprint density at radius 2 is 1.95 bits per heavy atom. The molecule has 0 atom stereocenters. The SMILES string of the molecule is Cc1cc(S(=O)(=O)N(CCN)Cc2ccccc2)sc1Br. The van der Waals surface area contributed by atoms with Gasteiger partial charge in [-0.05, 0) is 40.0 Å². The Bertz CT molecular complexity index is 680. The van der Waals surface area contributed by atoms with E-state index in [1.807, 2.05) is 37.3 Å². The Hall–Kier alpha value is -0.730. The van der Waals surface area contributed by atoms with Crippen LogP contribution >= 0.6 is 27.3 Å². The third-order valence-corrected chi connectivity index (χ3v) is 7.44. The summed E-state index contributed by atoms with van der Waals surface area (Å²) >= 11 is 4.61. The molecule has 2 aromatic rings. The smallest absolute Gasteiger partial charge is 0.252 e. The summed E-state index contributed by atoms with van der Waals surface area (Å²) in [6.45, 7) is 2.79. The third-order valence-electron chi connectivity index (χ3n) is 3.01. The summed E-state index contributed by atoms with van der Waals surface area (Å²) in [6.07, 6.45) is 0. The molecule has 0 amide bonds. The molecule has 0 saturated heterocycles. The fraction of sp³-hybridized carbons (Fsp3) is 0.286. The van der Waals surface area contributed by atoms with Crippen LogP contribution in [0.1, 0.15) is 11.1 Å². The first kappa shape index (κ1) is 16.6. The van der Waals surface area contributed by atoms with Crippen LogP contribution in [0.3, 0.4) is 0 Å². The number of nitrogens with two attached hydrogens (primary N) is 1. The van der Waals surface area contributed by atoms with Gasteiger partial charge in [0.05, 0.1) is 3.79 Å². The number of aryl methyl sites for hydroxylation is 1. The van der Waals surface area contributed by atoms with Crippen LogP contribution in [-0.2, 0) is 16.6 Å². The number of halogens is 1. The summed E-state index contributed by atoms with van der Waals surface area (Å²) in [4.78, 5) is 0. The molecule has 1 aromatic carbocycles. The Morgan fingerprint density at radius 1 is 1.29 bits per heavy atom. The summed E-state index contributed by atoms with van der Waals surface area (Å²) in [5, 5.41) is 0. The molecule has 0 unspecified atom stereocenters. The zero-order chi connectivity index (χ0) is 15.5. The van der Waals surface area contributed by atoms with E-state index in [2.05, 4.69) is 15.9 Å². The van der Waals surface area contributed by atoms with E-state index in [1.165, 1.54) is 15.6 Å². The minimum Gasteiger partial charge on any atom is -0.329 e. The molecule has 0 aliphatic rings. The fourth-order valence-corrected chi connectivity index (χ4v) is 5.73. The van der Waals surface area contributed by atoms with Crippen LogP contribution in [-0.4, -0.2) is 25.8 Å². The predicted octanol–water partition coefficient (Wildman–Crippen LogP) is 2.97. The monoisotopic (exact) mass is 388 g/mol. The van der Waals surface area contributed by atoms with E-state index in [0.29, 0.717) is 17.3 Å². The van der Waals surface area contributed by atoms with Gasteiger partial charge in [0.15, 0.2) is 0 Å². The van der Waals surface area contributed by atoms with Gasteiger partial charge in [-0.2, -0.15) is 4.31 Å². The maximum absolute atomic E-state index is 12.8. The molecule has 2 rings (SSSR count). The van der Waals surface area contributed by atoms with E-state index in [9.17, 15) is 8.42 Å². The van der Waals surface area contributed by atoms with Crippen molar-refractivity contribution in [3.8, 4) is 0 Å². The molecule has 0 aliphatic heterocycles. The van der Waals surface area contributed by atoms with Gasteiger partial charge in [0, 0.05) is 19.6 Å². The van der Waals surface area contributed by atoms with Gasteiger partial charge in [0.25, 0.3) is 10.0 Å². The average molecular weight is 389 g/mol. The molecule has 0 radical (unpaired) electrons. The molecule has 2 N–H and O–H groups in total. The van der Waals surface area contributed by atoms with Crippen molar-refractivity contribution >= 4 is 37.3 Å². The summed E-state index contributed by atoms with van der Waals surface area (Å²) in [5.41, 5.74) is 7.45. The van der Waals surface area contributed by atoms with Gasteiger partial charge in [-0.25, -0.2) is 8.42 Å². The van der Waals surface area contributed by atoms with Crippen molar-refractivity contribution in [2.45, 2.75) is 17.7 Å². The molecular weight excluding hydrogens is 372 g/mol. The van der Waals surface area contributed by atoms with Crippen LogP contribution in [0.15, 0.2) is 44.4 Å². The highest BCUT2D eigenvalue weighted by Crippen LogP contribution is 2.32. The van der Waals surface area contributed by atoms with E-state index in [4.69, 9.17) is 5.73 Å². The molecule has 0 bridgehead atoms. The van der Waals surface area contributed by atoms with Crippen molar-refractivity contribution < 1.29 is 8.42 Å². The van der Waals surface area contributed by atoms with Gasteiger partial charge in [-0.1, -0.05) is 30.3 Å². The number of rotatable bonds is 6. The molecule has 21 heavy (non-hydrogen) atoms. The Balaban J connectivity index is 2.32. The standard InChI is InChI=1S/C14H17BrN2O2S2/c1-11-9-13(20-14(11)15)21(18,19)17(8-7-16)10-12-5-3-2-4-6-12/h2-6,9H,7-8,10,16H2,1H3. The van der Waals surface area contributed by atoms with Gasteiger partial charge < -0.3 is 5.73 Å². The molecule has 1 heterocycles. The Morgan fingerprint density at radius 3 is 2.48 bits per heavy atom. The van der Waals surface area contributed by atoms with Gasteiger partial charge >= 0.3 is 0 Å². The molecular formula is C14H17BrN2O2S2. The van der Waals surface area contributed by atoms with Crippen molar-refractivity contribution in [1.82, 2.24) is 4.31 Å². The zero-order valence-electron chi connectivity index (χ0n) is 11.6. The largest absolute Gasteiger partial charge is 0.329 e. The van der Waals surface area contributed by atoms with Crippen molar-refractivity contribution in [1.29, 1.82) is 0 Å². The first-order valence-corrected chi connectivity index (χ1v) is 9.50. The zero-order valence-corrected chi connectivity index (χ0v) is 14.8. The number of hydrogen-bond donors (Lipinski definition) is 1. The quantitative estimate of drug-likeness (QED) is 0.826. The van der Waals surface area contributed by atoms with Crippen LogP contribution < -0.4 is 5.73 Å². The molecule has 7 heteroatoms. The summed E-state index contributed by atoms with van der Waals surface area (Å²) in [5.74, 6) is 0. The average Bonchev–Trinajstić information content (AvgIpc) is 2.80. The number of nitrogens with zero attached hydrogens (tertiary/aromatic N) is 1. The van der Waals surface area contributed by atoms with Crippen molar-refractivity contribution in [2.75, 3.05) is 13.1 Å². The second kappa shape index (κ2) is 7.02.